The third-order valence-electron chi connectivity index (χ3n) is 25.1. The van der Waals surface area contributed by atoms with E-state index in [1.165, 1.54) is 37.7 Å². The molecule has 0 saturated carbocycles. The van der Waals surface area contributed by atoms with Crippen molar-refractivity contribution in [1.82, 2.24) is 43.1 Å². The van der Waals surface area contributed by atoms with Gasteiger partial charge in [-0.2, -0.15) is 0 Å². The maximum absolute atomic E-state index is 16.4. The second kappa shape index (κ2) is 29.2. The summed E-state index contributed by atoms with van der Waals surface area (Å²) in [6, 6.07) is 132. The van der Waals surface area contributed by atoms with Crippen molar-refractivity contribution in [2.24, 2.45) is 0 Å². The van der Waals surface area contributed by atoms with Crippen LogP contribution >= 0.6 is 21.4 Å². The van der Waals surface area contributed by atoms with Crippen molar-refractivity contribution in [1.29, 1.82) is 0 Å². The van der Waals surface area contributed by atoms with Crippen LogP contribution in [-0.4, -0.2) is 43.1 Å². The van der Waals surface area contributed by atoms with Crippen molar-refractivity contribution in [3.8, 4) is 0 Å². The molecule has 15 heteroatoms. The minimum Gasteiger partial charge on any atom is -0.309 e. The van der Waals surface area contributed by atoms with Gasteiger partial charge in [-0.15, -0.1) is 0 Å². The first-order valence-electron chi connectivity index (χ1n) is 41.7. The second-order valence-corrected chi connectivity index (χ2v) is 40.1. The van der Waals surface area contributed by atoms with Crippen molar-refractivity contribution in [2.45, 2.75) is 0 Å². The van der Waals surface area contributed by atoms with Gasteiger partial charge in [-0.1, -0.05) is 273 Å². The molecule has 0 aliphatic carbocycles. The van der Waals surface area contributed by atoms with Crippen molar-refractivity contribution in [2.75, 3.05) is 0 Å². The Labute approximate surface area is 715 Å². The third-order valence-corrected chi connectivity index (χ3v) is 34.2. The number of benzene rings is 17. The molecule has 0 saturated heterocycles. The summed E-state index contributed by atoms with van der Waals surface area (Å²) in [6.45, 7) is 0. The van der Waals surface area contributed by atoms with Gasteiger partial charge in [-0.3, -0.25) is 28.2 Å². The van der Waals surface area contributed by atoms with E-state index in [1.54, 1.807) is 37.2 Å². The lowest BCUT2D eigenvalue weighted by atomic mass is 10.00. The van der Waals surface area contributed by atoms with Crippen molar-refractivity contribution in [3.05, 3.63) is 425 Å². The lowest BCUT2D eigenvalue weighted by Crippen LogP contribution is -2.26. The molecule has 9 heterocycles. The van der Waals surface area contributed by atoms with Crippen LogP contribution in [0.1, 0.15) is 0 Å². The fourth-order valence-electron chi connectivity index (χ4n) is 19.4. The first kappa shape index (κ1) is 73.5. The van der Waals surface area contributed by atoms with Crippen LogP contribution in [0.3, 0.4) is 0 Å². The lowest BCUT2D eigenvalue weighted by Gasteiger charge is -2.22. The van der Waals surface area contributed by atoms with Crippen LogP contribution in [0.25, 0.3) is 169 Å². The Morgan fingerprint density at radius 3 is 1.10 bits per heavy atom. The molecule has 26 rings (SSSR count). The minimum atomic E-state index is -3.45. The van der Waals surface area contributed by atoms with Crippen molar-refractivity contribution >= 4 is 238 Å². The molecule has 0 aliphatic heterocycles. The number of aromatic nitrogens is 9. The number of fused-ring (bicyclic) bond motifs is 32. The number of para-hydroxylation sites is 4. The van der Waals surface area contributed by atoms with Crippen LogP contribution in [0, 0.1) is 0 Å². The van der Waals surface area contributed by atoms with E-state index >= 15 is 9.13 Å². The summed E-state index contributed by atoms with van der Waals surface area (Å²) in [5.74, 6) is 0. The zero-order valence-corrected chi connectivity index (χ0v) is 69.7. The highest BCUT2D eigenvalue weighted by Crippen LogP contribution is 2.50. The average Bonchev–Trinajstić information content (AvgIpc) is 1.55. The predicted molar refractivity (Wildman–Crippen MR) is 522 cm³/mol. The number of rotatable bonds is 9. The molecule has 588 valence electrons. The number of imidazole rings is 3. The van der Waals surface area contributed by atoms with Crippen molar-refractivity contribution in [3.63, 3.8) is 0 Å². The van der Waals surface area contributed by atoms with Crippen LogP contribution in [0.4, 0.5) is 0 Å². The Bertz CT molecular complexity index is 8890. The van der Waals surface area contributed by atoms with Gasteiger partial charge in [-0.05, 0) is 185 Å². The molecule has 0 spiro atoms. The highest BCUT2D eigenvalue weighted by molar-refractivity contribution is 7.86. The van der Waals surface area contributed by atoms with Crippen LogP contribution < -0.4 is 47.7 Å². The third kappa shape index (κ3) is 11.5. The summed E-state index contributed by atoms with van der Waals surface area (Å²) in [7, 11) is -9.85. The molecule has 0 N–H and O–H groups in total. The largest absolute Gasteiger partial charge is 0.309 e. The Kier molecular flexibility index (Phi) is 17.2. The Balaban J connectivity index is 0.000000106. The Morgan fingerprint density at radius 2 is 0.584 bits per heavy atom. The Hall–Kier alpha value is -15.4. The smallest absolute Gasteiger partial charge is 0.174 e. The second-order valence-electron chi connectivity index (χ2n) is 31.8. The molecular formula is C110H70N9O3P3. The van der Waals surface area contributed by atoms with E-state index in [0.29, 0.717) is 15.9 Å². The molecule has 17 aromatic carbocycles. The zero-order chi connectivity index (χ0) is 83.1. The van der Waals surface area contributed by atoms with E-state index in [-0.39, 0.29) is 0 Å². The normalized spacial score (nSPS) is 12.6. The molecule has 9 aromatic heterocycles. The number of pyridine rings is 6. The molecule has 0 bridgehead atoms. The van der Waals surface area contributed by atoms with Gasteiger partial charge in [-0.25, -0.2) is 15.0 Å². The van der Waals surface area contributed by atoms with Crippen LogP contribution in [0.5, 0.6) is 0 Å². The first-order chi connectivity index (χ1) is 61.6. The molecule has 12 nitrogen and oxygen atoms in total. The lowest BCUT2D eigenvalue weighted by molar-refractivity contribution is 0.591. The van der Waals surface area contributed by atoms with E-state index in [4.69, 9.17) is 15.0 Å². The average molecular weight is 1660 g/mol. The van der Waals surface area contributed by atoms with Gasteiger partial charge in [0, 0.05) is 117 Å². The van der Waals surface area contributed by atoms with Gasteiger partial charge >= 0.3 is 0 Å². The fraction of sp³-hybridized carbons (Fsp3) is 0. The van der Waals surface area contributed by atoms with Crippen molar-refractivity contribution < 1.29 is 13.7 Å². The zero-order valence-electron chi connectivity index (χ0n) is 67.0. The van der Waals surface area contributed by atoms with Gasteiger partial charge < -0.3 is 13.7 Å². The summed E-state index contributed by atoms with van der Waals surface area (Å²) >= 11 is 0. The molecule has 26 aromatic rings. The minimum absolute atomic E-state index is 0.669. The highest BCUT2D eigenvalue weighted by Gasteiger charge is 2.37. The van der Waals surface area contributed by atoms with Gasteiger partial charge in [0.05, 0.1) is 49.7 Å². The SMILES string of the molecule is O=P(c1ccc2ccccc2c1)(c1ccc2ccccc2c1)c1cccc2nc3c4c5ccccc5ccc4c4ccccc4n3c12.O=P(c1ccccc1)(c1ccncc1)c1ccc2nc3c4c5ccccc5ccc4c4ccccc4n3c2c1.O=P(c1cccnc1)(c1cccnc1)c1ccc2c(c1)nc1c3c4ccccc4ccc3c3ccccc3n21. The fourth-order valence-corrected chi connectivity index (χ4v) is 27.4. The summed E-state index contributed by atoms with van der Waals surface area (Å²) in [4.78, 5) is 28.5. The van der Waals surface area contributed by atoms with Crippen LogP contribution in [0.2, 0.25) is 0 Å². The maximum Gasteiger partial charge on any atom is 0.174 e. The molecule has 1 unspecified atom stereocenters. The summed E-state index contributed by atoms with van der Waals surface area (Å²) in [6.07, 6.45) is 10.2. The van der Waals surface area contributed by atoms with E-state index in [1.807, 2.05) is 127 Å². The molecule has 0 fully saturated rings. The van der Waals surface area contributed by atoms with Crippen LogP contribution in [0.15, 0.2) is 425 Å². The monoisotopic (exact) mass is 1660 g/mol. The molecule has 0 amide bonds. The maximum atomic E-state index is 16.4. The van der Waals surface area contributed by atoms with Gasteiger partial charge in [0.25, 0.3) is 0 Å². The topological polar surface area (TPSA) is 142 Å². The quantitative estimate of drug-likeness (QED) is 0.102. The van der Waals surface area contributed by atoms with E-state index in [2.05, 4.69) is 289 Å². The van der Waals surface area contributed by atoms with Gasteiger partial charge in [0.1, 0.15) is 16.9 Å². The van der Waals surface area contributed by atoms with E-state index < -0.39 is 21.4 Å². The van der Waals surface area contributed by atoms with E-state index in [9.17, 15) is 4.57 Å². The predicted octanol–water partition coefficient (Wildman–Crippen LogP) is 23.3. The van der Waals surface area contributed by atoms with Gasteiger partial charge in [0.2, 0.25) is 0 Å². The summed E-state index contributed by atoms with van der Waals surface area (Å²) in [5, 5.41) is 28.5. The molecule has 1 atom stereocenters. The van der Waals surface area contributed by atoms with Crippen LogP contribution in [-0.2, 0) is 13.7 Å². The molecular weight excluding hydrogens is 1590 g/mol. The summed E-state index contributed by atoms with van der Waals surface area (Å²) in [5.41, 5.74) is 11.2. The highest BCUT2D eigenvalue weighted by atomic mass is 31.2. The van der Waals surface area contributed by atoms with E-state index in [0.717, 1.165) is 163 Å². The number of hydrogen-bond acceptors (Lipinski definition) is 9. The Morgan fingerprint density at radius 1 is 0.200 bits per heavy atom. The molecule has 0 aliphatic rings. The van der Waals surface area contributed by atoms with Gasteiger partial charge in [0.15, 0.2) is 21.4 Å². The summed E-state index contributed by atoms with van der Waals surface area (Å²) < 4.78 is 53.3. The first-order valence-corrected chi connectivity index (χ1v) is 46.8. The number of hydrogen-bond donors (Lipinski definition) is 0. The standard InChI is InChI=1S/C43H27N2OP.C34H22N3OP.C33H21N4OP/c46-47(33-23-20-28-10-1-3-13-31(28)26-33,34-24-21-29-11-2-4-14-32(29)27-34)40-19-9-17-38-42(40)45-39-18-8-7-16-36(39)37-25-22-30-12-5-6-15-35(30)41(37)43(45)44-38;38-39(24-9-2-1-3-10-24,25-18-20-35-21-19-25)26-15-17-30-32(22-26)37-31-13-7-6-12-28(31)29-16-14-23-8-4-5-11-27(23)33(29)34(37)36-30;38-39(24-8-5-17-34-20-24,25-9-6-18-35-21-25)23-14-16-31-29(19-23)36-33-32-26-10-2-1-7-22(26)13-15-28(32)27-11-3-4-12-30(27)37(31)33/h1-27H;1-22H;1-21H. The molecule has 125 heavy (non-hydrogen) atoms. The molecule has 0 radical (unpaired) electrons. The number of nitrogens with zero attached hydrogens (tertiary/aromatic N) is 9.